The van der Waals surface area contributed by atoms with Gasteiger partial charge in [0.05, 0.1) is 6.54 Å². The summed E-state index contributed by atoms with van der Waals surface area (Å²) in [5, 5.41) is 8.10. The van der Waals surface area contributed by atoms with Crippen LogP contribution in [0.1, 0.15) is 34.8 Å². The van der Waals surface area contributed by atoms with E-state index < -0.39 is 0 Å². The highest BCUT2D eigenvalue weighted by Gasteiger charge is 2.10. The molecule has 2 N–H and O–H groups in total. The molecule has 112 valence electrons. The van der Waals surface area contributed by atoms with E-state index in [9.17, 15) is 4.79 Å². The third kappa shape index (κ3) is 4.28. The zero-order valence-corrected chi connectivity index (χ0v) is 14.5. The molecule has 2 aromatic heterocycles. The van der Waals surface area contributed by atoms with Crippen LogP contribution < -0.4 is 10.6 Å². The first kappa shape index (κ1) is 16.0. The molecule has 0 atom stereocenters. The van der Waals surface area contributed by atoms with Gasteiger partial charge in [0.1, 0.15) is 5.82 Å². The fraction of sp³-hybridized carbons (Fsp3) is 0.333. The number of halogens is 1. The maximum Gasteiger partial charge on any atom is 0.251 e. The maximum atomic E-state index is 12.3. The molecule has 0 saturated heterocycles. The van der Waals surface area contributed by atoms with Crippen LogP contribution in [0.5, 0.6) is 0 Å². The number of hydrogen-bond donors (Lipinski definition) is 2. The van der Waals surface area contributed by atoms with E-state index in [1.165, 1.54) is 0 Å². The van der Waals surface area contributed by atoms with Crippen molar-refractivity contribution in [3.05, 3.63) is 44.2 Å². The van der Waals surface area contributed by atoms with Crippen molar-refractivity contribution in [2.24, 2.45) is 0 Å². The standard InChI is InChI=1S/C15H18BrN3OS/c1-3-11-7-10(8-14(19-11)17-4-2)15(20)18-9-13-12(16)5-6-21-13/h5-8H,3-4,9H2,1-2H3,(H,17,19)(H,18,20). The number of amides is 1. The number of aromatic nitrogens is 1. The van der Waals surface area contributed by atoms with E-state index in [1.54, 1.807) is 17.4 Å². The molecule has 2 rings (SSSR count). The third-order valence-electron chi connectivity index (χ3n) is 2.96. The molecular weight excluding hydrogens is 350 g/mol. The van der Waals surface area contributed by atoms with Crippen LogP contribution in [0.3, 0.4) is 0 Å². The zero-order valence-electron chi connectivity index (χ0n) is 12.1. The smallest absolute Gasteiger partial charge is 0.251 e. The van der Waals surface area contributed by atoms with Crippen molar-refractivity contribution in [3.63, 3.8) is 0 Å². The molecule has 0 saturated carbocycles. The van der Waals surface area contributed by atoms with E-state index in [4.69, 9.17) is 0 Å². The monoisotopic (exact) mass is 367 g/mol. The predicted octanol–water partition coefficient (Wildman–Crippen LogP) is 3.83. The van der Waals surface area contributed by atoms with Crippen LogP contribution in [0.2, 0.25) is 0 Å². The van der Waals surface area contributed by atoms with Gasteiger partial charge in [0.25, 0.3) is 5.91 Å². The van der Waals surface area contributed by atoms with Crippen LogP contribution in [0.25, 0.3) is 0 Å². The number of carbonyl (C=O) groups is 1. The molecule has 0 unspecified atom stereocenters. The molecule has 0 bridgehead atoms. The number of rotatable bonds is 6. The highest BCUT2D eigenvalue weighted by Crippen LogP contribution is 2.22. The summed E-state index contributed by atoms with van der Waals surface area (Å²) in [5.74, 6) is 0.672. The molecule has 0 aromatic carbocycles. The Morgan fingerprint density at radius 1 is 1.38 bits per heavy atom. The van der Waals surface area contributed by atoms with Crippen molar-refractivity contribution < 1.29 is 4.79 Å². The van der Waals surface area contributed by atoms with E-state index in [0.29, 0.717) is 12.1 Å². The first-order chi connectivity index (χ1) is 10.1. The van der Waals surface area contributed by atoms with E-state index in [0.717, 1.165) is 33.8 Å². The quantitative estimate of drug-likeness (QED) is 0.815. The van der Waals surface area contributed by atoms with Crippen LogP contribution >= 0.6 is 27.3 Å². The van der Waals surface area contributed by atoms with Gasteiger partial charge < -0.3 is 10.6 Å². The van der Waals surface area contributed by atoms with E-state index in [2.05, 4.69) is 31.5 Å². The van der Waals surface area contributed by atoms with Crippen LogP contribution in [0.4, 0.5) is 5.82 Å². The first-order valence-corrected chi connectivity index (χ1v) is 8.56. The van der Waals surface area contributed by atoms with Crippen molar-refractivity contribution in [3.8, 4) is 0 Å². The number of nitrogens with one attached hydrogen (secondary N) is 2. The van der Waals surface area contributed by atoms with E-state index >= 15 is 0 Å². The second kappa shape index (κ2) is 7.56. The Kier molecular flexibility index (Phi) is 5.76. The van der Waals surface area contributed by atoms with Crippen LogP contribution in [0.15, 0.2) is 28.1 Å². The fourth-order valence-electron chi connectivity index (χ4n) is 1.89. The number of anilines is 1. The lowest BCUT2D eigenvalue weighted by Crippen LogP contribution is -2.23. The summed E-state index contributed by atoms with van der Waals surface area (Å²) in [6, 6.07) is 5.62. The van der Waals surface area contributed by atoms with Gasteiger partial charge in [-0.25, -0.2) is 4.98 Å². The summed E-state index contributed by atoms with van der Waals surface area (Å²) in [7, 11) is 0. The first-order valence-electron chi connectivity index (χ1n) is 6.89. The molecule has 6 heteroatoms. The Labute approximate surface area is 137 Å². The molecule has 2 aromatic rings. The summed E-state index contributed by atoms with van der Waals surface area (Å²) in [4.78, 5) is 17.9. The fourth-order valence-corrected chi connectivity index (χ4v) is 3.32. The second-order valence-corrected chi connectivity index (χ2v) is 6.35. The Hall–Kier alpha value is -1.40. The highest BCUT2D eigenvalue weighted by molar-refractivity contribution is 9.10. The van der Waals surface area contributed by atoms with Gasteiger partial charge in [-0.05, 0) is 52.9 Å². The minimum Gasteiger partial charge on any atom is -0.370 e. The molecule has 2 heterocycles. The van der Waals surface area contributed by atoms with Gasteiger partial charge >= 0.3 is 0 Å². The van der Waals surface area contributed by atoms with Gasteiger partial charge in [0, 0.05) is 27.2 Å². The topological polar surface area (TPSA) is 54.0 Å². The lowest BCUT2D eigenvalue weighted by Gasteiger charge is -2.09. The minimum absolute atomic E-state index is 0.0773. The summed E-state index contributed by atoms with van der Waals surface area (Å²) in [6.45, 7) is 5.34. The lowest BCUT2D eigenvalue weighted by molar-refractivity contribution is 0.0951. The van der Waals surface area contributed by atoms with Crippen molar-refractivity contribution in [2.45, 2.75) is 26.8 Å². The van der Waals surface area contributed by atoms with Gasteiger partial charge in [-0.15, -0.1) is 11.3 Å². The Morgan fingerprint density at radius 2 is 2.19 bits per heavy atom. The summed E-state index contributed by atoms with van der Waals surface area (Å²) < 4.78 is 1.03. The number of hydrogen-bond acceptors (Lipinski definition) is 4. The average molecular weight is 368 g/mol. The lowest BCUT2D eigenvalue weighted by atomic mass is 10.2. The number of pyridine rings is 1. The molecule has 4 nitrogen and oxygen atoms in total. The van der Waals surface area contributed by atoms with Gasteiger partial charge in [-0.2, -0.15) is 0 Å². The Morgan fingerprint density at radius 3 is 2.81 bits per heavy atom. The molecule has 0 aliphatic carbocycles. The summed E-state index contributed by atoms with van der Waals surface area (Å²) in [6.07, 6.45) is 0.802. The number of nitrogens with zero attached hydrogens (tertiary/aromatic N) is 1. The molecule has 1 amide bonds. The summed E-state index contributed by atoms with van der Waals surface area (Å²) in [5.41, 5.74) is 1.56. The third-order valence-corrected chi connectivity index (χ3v) is 4.89. The molecule has 0 fully saturated rings. The van der Waals surface area contributed by atoms with Gasteiger partial charge in [0.2, 0.25) is 0 Å². The normalized spacial score (nSPS) is 10.4. The molecule has 0 aliphatic heterocycles. The molecule has 0 radical (unpaired) electrons. The van der Waals surface area contributed by atoms with Crippen LogP contribution in [0, 0.1) is 0 Å². The minimum atomic E-state index is -0.0773. The van der Waals surface area contributed by atoms with Gasteiger partial charge in [0.15, 0.2) is 0 Å². The molecule has 0 spiro atoms. The Balaban J connectivity index is 2.10. The SMILES string of the molecule is CCNc1cc(C(=O)NCc2sccc2Br)cc(CC)n1. The van der Waals surface area contributed by atoms with Crippen molar-refractivity contribution in [1.29, 1.82) is 0 Å². The molecule has 0 aliphatic rings. The number of carbonyl (C=O) groups excluding carboxylic acids is 1. The van der Waals surface area contributed by atoms with Crippen molar-refractivity contribution in [2.75, 3.05) is 11.9 Å². The predicted molar refractivity (Wildman–Crippen MR) is 91.0 cm³/mol. The second-order valence-electron chi connectivity index (χ2n) is 4.49. The van der Waals surface area contributed by atoms with Crippen molar-refractivity contribution >= 4 is 39.0 Å². The van der Waals surface area contributed by atoms with Gasteiger partial charge in [-0.1, -0.05) is 6.92 Å². The highest BCUT2D eigenvalue weighted by atomic mass is 79.9. The number of aryl methyl sites for hydroxylation is 1. The van der Waals surface area contributed by atoms with Crippen LogP contribution in [-0.4, -0.2) is 17.4 Å². The molecular formula is C15H18BrN3OS. The van der Waals surface area contributed by atoms with Crippen molar-refractivity contribution in [1.82, 2.24) is 10.3 Å². The molecule has 21 heavy (non-hydrogen) atoms. The average Bonchev–Trinajstić information content (AvgIpc) is 2.90. The summed E-state index contributed by atoms with van der Waals surface area (Å²) >= 11 is 5.09. The van der Waals surface area contributed by atoms with Crippen LogP contribution in [-0.2, 0) is 13.0 Å². The van der Waals surface area contributed by atoms with Gasteiger partial charge in [-0.3, -0.25) is 4.79 Å². The van der Waals surface area contributed by atoms with E-state index in [1.807, 2.05) is 31.4 Å². The zero-order chi connectivity index (χ0) is 15.2. The van der Waals surface area contributed by atoms with E-state index in [-0.39, 0.29) is 5.91 Å². The Bertz CT molecular complexity index is 627. The number of thiophene rings is 1. The maximum absolute atomic E-state index is 12.3. The largest absolute Gasteiger partial charge is 0.370 e.